The predicted octanol–water partition coefficient (Wildman–Crippen LogP) is 16.7. The van der Waals surface area contributed by atoms with Gasteiger partial charge < -0.3 is 14.7 Å². The van der Waals surface area contributed by atoms with Crippen LogP contribution in [0, 0.1) is 0 Å². The van der Waals surface area contributed by atoms with Gasteiger partial charge in [0.1, 0.15) is 5.01 Å². The van der Waals surface area contributed by atoms with Crippen molar-refractivity contribution in [2.24, 2.45) is 0 Å². The molecule has 0 bridgehead atoms. The van der Waals surface area contributed by atoms with E-state index in [1.807, 2.05) is 0 Å². The molecule has 1 aromatic heterocycles. The van der Waals surface area contributed by atoms with Crippen LogP contribution in [0.3, 0.4) is 0 Å². The Morgan fingerprint density at radius 3 is 1.27 bits per heavy atom. The highest BCUT2D eigenvalue weighted by atomic mass is 32.1. The molecular formula is C57H40N4S. The summed E-state index contributed by atoms with van der Waals surface area (Å²) in [6, 6.07) is 86.3. The molecule has 0 unspecified atom stereocenters. The van der Waals surface area contributed by atoms with Gasteiger partial charge in [0.15, 0.2) is 0 Å². The highest BCUT2D eigenvalue weighted by molar-refractivity contribution is 7.22. The van der Waals surface area contributed by atoms with Crippen molar-refractivity contribution in [2.45, 2.75) is 0 Å². The summed E-state index contributed by atoms with van der Waals surface area (Å²) in [7, 11) is 0. The molecular weight excluding hydrogens is 773 g/mol. The van der Waals surface area contributed by atoms with Crippen LogP contribution in [-0.2, 0) is 0 Å². The lowest BCUT2D eigenvalue weighted by Crippen LogP contribution is -2.14. The van der Waals surface area contributed by atoms with Gasteiger partial charge in [0.25, 0.3) is 0 Å². The molecule has 4 nitrogen and oxygen atoms in total. The van der Waals surface area contributed by atoms with E-state index < -0.39 is 0 Å². The standard InChI is InChI=1S/C57H40N4S/c1-6-21-42(22-7-1)57-58-53-40-54(52-37-36-41-20-16-17-35-51(41)55(52)56(53)62-57)61(46-29-14-5-15-30-46)50-34-19-33-49(39-50)60(45-27-12-4-13-28-45)48-32-18-31-47(38-48)59(43-23-8-2-9-24-43)44-25-10-3-11-26-44/h1-40H. The van der Waals surface area contributed by atoms with Gasteiger partial charge in [-0.15, -0.1) is 11.3 Å². The van der Waals surface area contributed by atoms with Crippen LogP contribution in [0.25, 0.3) is 42.3 Å². The van der Waals surface area contributed by atoms with Gasteiger partial charge >= 0.3 is 0 Å². The van der Waals surface area contributed by atoms with Gasteiger partial charge in [-0.05, 0) is 102 Å². The fraction of sp³-hybridized carbons (Fsp3) is 0. The first-order valence-corrected chi connectivity index (χ1v) is 21.7. The Kier molecular flexibility index (Phi) is 9.69. The number of para-hydroxylation sites is 4. The SMILES string of the molecule is c1ccc(-c2nc3cc(N(c4ccccc4)c4cccc(N(c5ccccc5)c5cccc(N(c6ccccc6)c6ccccc6)c5)c4)c4ccc5ccccc5c4c3s2)cc1. The minimum atomic E-state index is 0.980. The number of thiazole rings is 1. The van der Waals surface area contributed by atoms with E-state index in [4.69, 9.17) is 4.98 Å². The molecule has 62 heavy (non-hydrogen) atoms. The molecule has 0 amide bonds. The Morgan fingerprint density at radius 1 is 0.323 bits per heavy atom. The summed E-state index contributed by atoms with van der Waals surface area (Å²) in [6.45, 7) is 0. The van der Waals surface area contributed by atoms with Crippen molar-refractivity contribution in [1.82, 2.24) is 4.98 Å². The number of anilines is 9. The lowest BCUT2D eigenvalue weighted by molar-refractivity contribution is 1.24. The number of fused-ring (bicyclic) bond motifs is 5. The molecule has 0 aliphatic rings. The topological polar surface area (TPSA) is 22.6 Å². The third-order valence-corrected chi connectivity index (χ3v) is 12.5. The summed E-state index contributed by atoms with van der Waals surface area (Å²) in [5.74, 6) is 0. The summed E-state index contributed by atoms with van der Waals surface area (Å²) in [4.78, 5) is 12.4. The van der Waals surface area contributed by atoms with Crippen LogP contribution in [-0.4, -0.2) is 4.98 Å². The lowest BCUT2D eigenvalue weighted by atomic mass is 9.99. The fourth-order valence-corrected chi connectivity index (χ4v) is 9.73. The zero-order valence-electron chi connectivity index (χ0n) is 33.8. The highest BCUT2D eigenvalue weighted by Crippen LogP contribution is 2.48. The van der Waals surface area contributed by atoms with Crippen molar-refractivity contribution in [3.8, 4) is 10.6 Å². The highest BCUT2D eigenvalue weighted by Gasteiger charge is 2.23. The Labute approximate surface area is 365 Å². The second kappa shape index (κ2) is 16.2. The van der Waals surface area contributed by atoms with Crippen molar-refractivity contribution in [3.05, 3.63) is 243 Å². The maximum Gasteiger partial charge on any atom is 0.124 e. The second-order valence-electron chi connectivity index (χ2n) is 15.2. The van der Waals surface area contributed by atoms with Crippen LogP contribution < -0.4 is 14.7 Å². The van der Waals surface area contributed by atoms with Crippen molar-refractivity contribution in [1.29, 1.82) is 0 Å². The molecule has 0 radical (unpaired) electrons. The second-order valence-corrected chi connectivity index (χ2v) is 16.2. The number of aromatic nitrogens is 1. The zero-order chi connectivity index (χ0) is 41.2. The number of nitrogens with zero attached hydrogens (tertiary/aromatic N) is 4. The first-order chi connectivity index (χ1) is 30.8. The van der Waals surface area contributed by atoms with Gasteiger partial charge in [0.05, 0.1) is 15.9 Å². The first kappa shape index (κ1) is 37.0. The summed E-state index contributed by atoms with van der Waals surface area (Å²) in [5, 5.41) is 5.83. The third kappa shape index (κ3) is 6.90. The van der Waals surface area contributed by atoms with Gasteiger partial charge in [-0.1, -0.05) is 152 Å². The van der Waals surface area contributed by atoms with Crippen molar-refractivity contribution < 1.29 is 0 Å². The smallest absolute Gasteiger partial charge is 0.124 e. The largest absolute Gasteiger partial charge is 0.310 e. The maximum absolute atomic E-state index is 5.34. The summed E-state index contributed by atoms with van der Waals surface area (Å²) >= 11 is 1.77. The Morgan fingerprint density at radius 2 is 0.742 bits per heavy atom. The van der Waals surface area contributed by atoms with Gasteiger partial charge in [-0.2, -0.15) is 0 Å². The van der Waals surface area contributed by atoms with E-state index >= 15 is 0 Å². The van der Waals surface area contributed by atoms with Crippen molar-refractivity contribution in [3.63, 3.8) is 0 Å². The van der Waals surface area contributed by atoms with E-state index in [2.05, 4.69) is 257 Å². The molecule has 0 N–H and O–H groups in total. The normalized spacial score (nSPS) is 11.2. The molecule has 11 aromatic rings. The Balaban J connectivity index is 1.11. The number of hydrogen-bond donors (Lipinski definition) is 0. The first-order valence-electron chi connectivity index (χ1n) is 20.9. The van der Waals surface area contributed by atoms with E-state index in [-0.39, 0.29) is 0 Å². The Hall–Kier alpha value is -7.99. The van der Waals surface area contributed by atoms with E-state index in [9.17, 15) is 0 Å². The van der Waals surface area contributed by atoms with E-state index in [0.29, 0.717) is 0 Å². The average Bonchev–Trinajstić information content (AvgIpc) is 3.78. The van der Waals surface area contributed by atoms with Crippen molar-refractivity contribution >= 4 is 94.3 Å². The molecule has 0 spiro atoms. The Bertz CT molecular complexity index is 3260. The molecule has 1 heterocycles. The predicted molar refractivity (Wildman–Crippen MR) is 264 cm³/mol. The molecule has 0 saturated carbocycles. The van der Waals surface area contributed by atoms with E-state index in [1.165, 1.54) is 26.2 Å². The minimum Gasteiger partial charge on any atom is -0.310 e. The van der Waals surface area contributed by atoms with Crippen LogP contribution in [0.1, 0.15) is 0 Å². The van der Waals surface area contributed by atoms with Crippen LogP contribution in [0.2, 0.25) is 0 Å². The molecule has 10 aromatic carbocycles. The number of rotatable bonds is 10. The van der Waals surface area contributed by atoms with Gasteiger partial charge in [-0.3, -0.25) is 0 Å². The van der Waals surface area contributed by atoms with E-state index in [0.717, 1.165) is 67.3 Å². The van der Waals surface area contributed by atoms with Gasteiger partial charge in [0, 0.05) is 61.8 Å². The van der Waals surface area contributed by atoms with Crippen LogP contribution in [0.15, 0.2) is 243 Å². The number of hydrogen-bond acceptors (Lipinski definition) is 5. The lowest BCUT2D eigenvalue weighted by Gasteiger charge is -2.31. The molecule has 0 atom stereocenters. The fourth-order valence-electron chi connectivity index (χ4n) is 8.61. The van der Waals surface area contributed by atoms with Crippen LogP contribution >= 0.6 is 11.3 Å². The number of benzene rings is 10. The third-order valence-electron chi connectivity index (χ3n) is 11.4. The zero-order valence-corrected chi connectivity index (χ0v) is 34.6. The molecule has 0 fully saturated rings. The summed E-state index contributed by atoms with van der Waals surface area (Å²) in [5.41, 5.74) is 11.7. The maximum atomic E-state index is 5.34. The molecule has 0 aliphatic carbocycles. The van der Waals surface area contributed by atoms with Crippen molar-refractivity contribution in [2.75, 3.05) is 14.7 Å². The summed E-state index contributed by atoms with van der Waals surface area (Å²) < 4.78 is 1.19. The van der Waals surface area contributed by atoms with E-state index in [1.54, 1.807) is 11.3 Å². The van der Waals surface area contributed by atoms with Crippen LogP contribution in [0.4, 0.5) is 51.2 Å². The monoisotopic (exact) mass is 812 g/mol. The molecule has 5 heteroatoms. The molecule has 0 aliphatic heterocycles. The molecule has 0 saturated heterocycles. The molecule has 294 valence electrons. The molecule has 11 rings (SSSR count). The van der Waals surface area contributed by atoms with Crippen LogP contribution in [0.5, 0.6) is 0 Å². The van der Waals surface area contributed by atoms with Gasteiger partial charge in [0.2, 0.25) is 0 Å². The summed E-state index contributed by atoms with van der Waals surface area (Å²) in [6.07, 6.45) is 0. The quantitative estimate of drug-likeness (QED) is 0.128. The minimum absolute atomic E-state index is 0.980. The van der Waals surface area contributed by atoms with Gasteiger partial charge in [-0.25, -0.2) is 4.98 Å². The average molecular weight is 813 g/mol.